The van der Waals surface area contributed by atoms with Crippen LogP contribution >= 0.6 is 22.7 Å². The lowest BCUT2D eigenvalue weighted by Crippen LogP contribution is -2.31. The number of aromatic nitrogens is 1. The number of rotatable bonds is 3. The van der Waals surface area contributed by atoms with Gasteiger partial charge in [0.15, 0.2) is 0 Å². The van der Waals surface area contributed by atoms with E-state index in [0.717, 1.165) is 34.8 Å². The molecule has 112 valence electrons. The lowest BCUT2D eigenvalue weighted by atomic mass is 10.2. The summed E-state index contributed by atoms with van der Waals surface area (Å²) >= 11 is 3.37. The Labute approximate surface area is 137 Å². The smallest absolute Gasteiger partial charge is 0.228 e. The van der Waals surface area contributed by atoms with Crippen molar-refractivity contribution < 1.29 is 4.79 Å². The first-order valence-electron chi connectivity index (χ1n) is 7.48. The van der Waals surface area contributed by atoms with Gasteiger partial charge < -0.3 is 4.90 Å². The van der Waals surface area contributed by atoms with Crippen LogP contribution in [0.3, 0.4) is 0 Å². The molecule has 0 radical (unpaired) electrons. The minimum atomic E-state index is 0.157. The summed E-state index contributed by atoms with van der Waals surface area (Å²) in [6.45, 7) is 0.852. The van der Waals surface area contributed by atoms with E-state index in [1.54, 1.807) is 22.7 Å². The highest BCUT2D eigenvalue weighted by Crippen LogP contribution is 2.36. The molecule has 1 aliphatic heterocycles. The van der Waals surface area contributed by atoms with Crippen molar-refractivity contribution in [1.29, 1.82) is 0 Å². The zero-order valence-electron chi connectivity index (χ0n) is 12.1. The first-order valence-corrected chi connectivity index (χ1v) is 9.18. The molecule has 3 nitrogen and oxygen atoms in total. The van der Waals surface area contributed by atoms with Gasteiger partial charge in [-0.1, -0.05) is 18.2 Å². The van der Waals surface area contributed by atoms with Crippen LogP contribution in [0.2, 0.25) is 0 Å². The van der Waals surface area contributed by atoms with Crippen molar-refractivity contribution in [3.63, 3.8) is 0 Å². The largest absolute Gasteiger partial charge is 0.333 e. The van der Waals surface area contributed by atoms with Crippen molar-refractivity contribution in [2.45, 2.75) is 25.3 Å². The van der Waals surface area contributed by atoms with Crippen molar-refractivity contribution in [3.8, 4) is 0 Å². The molecule has 2 aromatic heterocycles. The molecule has 3 aromatic rings. The highest BCUT2D eigenvalue weighted by Gasteiger charge is 2.32. The SMILES string of the molecule is O=C(Cc1cccs1)N1CCC[C@H]1c1nc2ccccc2s1. The monoisotopic (exact) mass is 328 g/mol. The molecule has 22 heavy (non-hydrogen) atoms. The van der Waals surface area contributed by atoms with E-state index in [1.807, 2.05) is 40.6 Å². The quantitative estimate of drug-likeness (QED) is 0.719. The van der Waals surface area contributed by atoms with Crippen molar-refractivity contribution in [3.05, 3.63) is 51.7 Å². The lowest BCUT2D eigenvalue weighted by Gasteiger charge is -2.22. The van der Waals surface area contributed by atoms with E-state index < -0.39 is 0 Å². The van der Waals surface area contributed by atoms with E-state index in [-0.39, 0.29) is 11.9 Å². The number of nitrogens with zero attached hydrogens (tertiary/aromatic N) is 2. The second kappa shape index (κ2) is 5.82. The molecule has 0 unspecified atom stereocenters. The summed E-state index contributed by atoms with van der Waals surface area (Å²) in [6, 6.07) is 12.4. The number of benzene rings is 1. The van der Waals surface area contributed by atoms with Crippen molar-refractivity contribution in [1.82, 2.24) is 9.88 Å². The van der Waals surface area contributed by atoms with Gasteiger partial charge in [-0.15, -0.1) is 22.7 Å². The molecule has 1 atom stereocenters. The predicted molar refractivity (Wildman–Crippen MR) is 91.3 cm³/mol. The van der Waals surface area contributed by atoms with Gasteiger partial charge in [0.1, 0.15) is 5.01 Å². The fourth-order valence-corrected chi connectivity index (χ4v) is 4.83. The van der Waals surface area contributed by atoms with Gasteiger partial charge in [-0.2, -0.15) is 0 Å². The highest BCUT2D eigenvalue weighted by atomic mass is 32.1. The Bertz CT molecular complexity index is 761. The molecule has 0 N–H and O–H groups in total. The van der Waals surface area contributed by atoms with Crippen LogP contribution in [0.1, 0.15) is 28.8 Å². The van der Waals surface area contributed by atoms with Crippen molar-refractivity contribution in [2.24, 2.45) is 0 Å². The molecule has 1 aromatic carbocycles. The first kappa shape index (κ1) is 13.9. The first-order chi connectivity index (χ1) is 10.8. The van der Waals surface area contributed by atoms with Gasteiger partial charge in [0.05, 0.1) is 22.7 Å². The maximum absolute atomic E-state index is 12.6. The number of amides is 1. The van der Waals surface area contributed by atoms with Gasteiger partial charge in [-0.05, 0) is 36.4 Å². The zero-order valence-corrected chi connectivity index (χ0v) is 13.7. The van der Waals surface area contributed by atoms with Crippen molar-refractivity contribution >= 4 is 38.8 Å². The number of para-hydroxylation sites is 1. The molecule has 4 rings (SSSR count). The standard InChI is InChI=1S/C17H16N2OS2/c20-16(11-12-5-4-10-21-12)19-9-3-7-14(19)17-18-13-6-1-2-8-15(13)22-17/h1-2,4-6,8,10,14H,3,7,9,11H2/t14-/m0/s1. The van der Waals surface area contributed by atoms with Crippen LogP contribution in [0, 0.1) is 0 Å². The molecule has 3 heterocycles. The van der Waals surface area contributed by atoms with E-state index in [0.29, 0.717) is 6.42 Å². The zero-order chi connectivity index (χ0) is 14.9. The van der Waals surface area contributed by atoms with Gasteiger partial charge in [0, 0.05) is 11.4 Å². The van der Waals surface area contributed by atoms with Crippen LogP contribution in [-0.4, -0.2) is 22.3 Å². The Morgan fingerprint density at radius 1 is 1.27 bits per heavy atom. The molecule has 0 aliphatic carbocycles. The normalized spacial score (nSPS) is 18.2. The van der Waals surface area contributed by atoms with Crippen LogP contribution in [0.25, 0.3) is 10.2 Å². The number of thiazole rings is 1. The second-order valence-corrected chi connectivity index (χ2v) is 7.62. The van der Waals surface area contributed by atoms with Crippen LogP contribution in [-0.2, 0) is 11.2 Å². The number of hydrogen-bond acceptors (Lipinski definition) is 4. The van der Waals surface area contributed by atoms with Gasteiger partial charge in [-0.3, -0.25) is 4.79 Å². The number of carbonyl (C=O) groups is 1. The molecule has 1 saturated heterocycles. The maximum atomic E-state index is 12.6. The summed E-state index contributed by atoms with van der Waals surface area (Å²) in [4.78, 5) is 20.5. The lowest BCUT2D eigenvalue weighted by molar-refractivity contribution is -0.131. The highest BCUT2D eigenvalue weighted by molar-refractivity contribution is 7.18. The Morgan fingerprint density at radius 3 is 3.00 bits per heavy atom. The fourth-order valence-electron chi connectivity index (χ4n) is 3.02. The number of hydrogen-bond donors (Lipinski definition) is 0. The van der Waals surface area contributed by atoms with Gasteiger partial charge in [-0.25, -0.2) is 4.98 Å². The second-order valence-electron chi connectivity index (χ2n) is 5.52. The summed E-state index contributed by atoms with van der Waals surface area (Å²) < 4.78 is 1.20. The maximum Gasteiger partial charge on any atom is 0.228 e. The average Bonchev–Trinajstić information content (AvgIpc) is 3.26. The minimum Gasteiger partial charge on any atom is -0.333 e. The summed E-state index contributed by atoms with van der Waals surface area (Å²) in [5, 5.41) is 3.11. The molecule has 0 bridgehead atoms. The van der Waals surface area contributed by atoms with E-state index in [9.17, 15) is 4.79 Å². The predicted octanol–water partition coefficient (Wildman–Crippen LogP) is 4.26. The third-order valence-electron chi connectivity index (χ3n) is 4.07. The minimum absolute atomic E-state index is 0.157. The number of fused-ring (bicyclic) bond motifs is 1. The van der Waals surface area contributed by atoms with Crippen LogP contribution in [0.4, 0.5) is 0 Å². The topological polar surface area (TPSA) is 33.2 Å². The van der Waals surface area contributed by atoms with E-state index in [4.69, 9.17) is 4.98 Å². The molecular weight excluding hydrogens is 312 g/mol. The van der Waals surface area contributed by atoms with Crippen molar-refractivity contribution in [2.75, 3.05) is 6.54 Å². The molecule has 0 saturated carbocycles. The Balaban J connectivity index is 1.58. The Hall–Kier alpha value is -1.72. The van der Waals surface area contributed by atoms with Gasteiger partial charge >= 0.3 is 0 Å². The molecule has 1 aliphatic rings. The van der Waals surface area contributed by atoms with E-state index in [1.165, 1.54) is 4.70 Å². The van der Waals surface area contributed by atoms with E-state index in [2.05, 4.69) is 6.07 Å². The molecule has 0 spiro atoms. The van der Waals surface area contributed by atoms with Gasteiger partial charge in [0.2, 0.25) is 5.91 Å². The number of likely N-dealkylation sites (tertiary alicyclic amines) is 1. The summed E-state index contributed by atoms with van der Waals surface area (Å²) in [7, 11) is 0. The van der Waals surface area contributed by atoms with Crippen LogP contribution in [0.5, 0.6) is 0 Å². The molecule has 1 amide bonds. The van der Waals surface area contributed by atoms with E-state index >= 15 is 0 Å². The Kier molecular flexibility index (Phi) is 3.68. The summed E-state index contributed by atoms with van der Waals surface area (Å²) in [6.07, 6.45) is 2.60. The van der Waals surface area contributed by atoms with Crippen LogP contribution < -0.4 is 0 Å². The third kappa shape index (κ3) is 2.55. The van der Waals surface area contributed by atoms with Crippen LogP contribution in [0.15, 0.2) is 41.8 Å². The molecule has 5 heteroatoms. The number of thiophene rings is 1. The number of carbonyl (C=O) groups excluding carboxylic acids is 1. The van der Waals surface area contributed by atoms with Gasteiger partial charge in [0.25, 0.3) is 0 Å². The summed E-state index contributed by atoms with van der Waals surface area (Å²) in [5.41, 5.74) is 1.04. The molecule has 1 fully saturated rings. The molecular formula is C17H16N2OS2. The average molecular weight is 328 g/mol. The summed E-state index contributed by atoms with van der Waals surface area (Å²) in [5.74, 6) is 0.226. The fraction of sp³-hybridized carbons (Fsp3) is 0.294. The third-order valence-corrected chi connectivity index (χ3v) is 6.09. The Morgan fingerprint density at radius 2 is 2.18 bits per heavy atom.